The van der Waals surface area contributed by atoms with Gasteiger partial charge in [-0.2, -0.15) is 5.10 Å². The Morgan fingerprint density at radius 1 is 1.08 bits per heavy atom. The lowest BCUT2D eigenvalue weighted by Crippen LogP contribution is -2.21. The maximum Gasteiger partial charge on any atom is 0.258 e. The summed E-state index contributed by atoms with van der Waals surface area (Å²) < 4.78 is 1.64. The molecule has 0 saturated carbocycles. The van der Waals surface area contributed by atoms with Crippen LogP contribution in [-0.4, -0.2) is 28.6 Å². The van der Waals surface area contributed by atoms with Crippen LogP contribution < -0.4 is 10.6 Å². The Balaban J connectivity index is 1.75. The minimum absolute atomic E-state index is 0.268. The highest BCUT2D eigenvalue weighted by Crippen LogP contribution is 2.18. The van der Waals surface area contributed by atoms with Crippen LogP contribution in [0.15, 0.2) is 60.9 Å². The molecule has 1 aromatic heterocycles. The first-order valence-electron chi connectivity index (χ1n) is 7.97. The maximum absolute atomic E-state index is 12.5. The van der Waals surface area contributed by atoms with Gasteiger partial charge in [-0.15, -0.1) is 0 Å². The van der Waals surface area contributed by atoms with Crippen LogP contribution in [0.25, 0.3) is 0 Å². The molecule has 3 rings (SSSR count). The molecule has 0 atom stereocenters. The molecule has 0 aliphatic carbocycles. The number of aromatic nitrogens is 2. The molecular formula is C19H17ClN4O2. The standard InChI is InChI=1S/C19H17ClN4O2/c1-21-19(26)15-7-3-5-9-17(15)23-18(25)14-10-22-24(12-14)11-13-6-2-4-8-16(13)20/h2-10,12H,11H2,1H3,(H,21,26)(H,23,25). The van der Waals surface area contributed by atoms with Crippen molar-refractivity contribution in [2.24, 2.45) is 0 Å². The zero-order valence-corrected chi connectivity index (χ0v) is 14.8. The number of carbonyl (C=O) groups excluding carboxylic acids is 2. The fraction of sp³-hybridized carbons (Fsp3) is 0.105. The van der Waals surface area contributed by atoms with Crippen LogP contribution in [0.3, 0.4) is 0 Å². The maximum atomic E-state index is 12.5. The minimum Gasteiger partial charge on any atom is -0.355 e. The van der Waals surface area contributed by atoms with Crippen molar-refractivity contribution >= 4 is 29.1 Å². The third-order valence-corrected chi connectivity index (χ3v) is 4.20. The van der Waals surface area contributed by atoms with Gasteiger partial charge < -0.3 is 10.6 Å². The Morgan fingerprint density at radius 3 is 2.58 bits per heavy atom. The smallest absolute Gasteiger partial charge is 0.258 e. The minimum atomic E-state index is -0.341. The molecule has 2 aromatic carbocycles. The summed E-state index contributed by atoms with van der Waals surface area (Å²) in [6, 6.07) is 14.3. The van der Waals surface area contributed by atoms with E-state index in [0.717, 1.165) is 5.56 Å². The van der Waals surface area contributed by atoms with Gasteiger partial charge in [0.1, 0.15) is 0 Å². The summed E-state index contributed by atoms with van der Waals surface area (Å²) in [4.78, 5) is 24.4. The summed E-state index contributed by atoms with van der Waals surface area (Å²) in [6.45, 7) is 0.460. The van der Waals surface area contributed by atoms with E-state index < -0.39 is 0 Å². The number of hydrogen-bond acceptors (Lipinski definition) is 3. The van der Waals surface area contributed by atoms with E-state index in [0.29, 0.717) is 28.4 Å². The Morgan fingerprint density at radius 2 is 1.81 bits per heavy atom. The topological polar surface area (TPSA) is 76.0 Å². The Kier molecular flexibility index (Phi) is 5.34. The number of para-hydroxylation sites is 1. The number of hydrogen-bond donors (Lipinski definition) is 2. The zero-order valence-electron chi connectivity index (χ0n) is 14.1. The fourth-order valence-corrected chi connectivity index (χ4v) is 2.68. The van der Waals surface area contributed by atoms with Gasteiger partial charge in [0.25, 0.3) is 11.8 Å². The third-order valence-electron chi connectivity index (χ3n) is 3.83. The largest absolute Gasteiger partial charge is 0.355 e. The van der Waals surface area contributed by atoms with E-state index in [1.807, 2.05) is 24.3 Å². The summed E-state index contributed by atoms with van der Waals surface area (Å²) >= 11 is 6.15. The number of nitrogens with zero attached hydrogens (tertiary/aromatic N) is 2. The second-order valence-corrected chi connectivity index (χ2v) is 6.00. The molecule has 2 N–H and O–H groups in total. The molecular weight excluding hydrogens is 352 g/mol. The van der Waals surface area contributed by atoms with Gasteiger partial charge in [0, 0.05) is 18.3 Å². The highest BCUT2D eigenvalue weighted by molar-refractivity contribution is 6.31. The highest BCUT2D eigenvalue weighted by atomic mass is 35.5. The van der Waals surface area contributed by atoms with Gasteiger partial charge in [-0.1, -0.05) is 41.9 Å². The van der Waals surface area contributed by atoms with Crippen LogP contribution in [0.2, 0.25) is 5.02 Å². The van der Waals surface area contributed by atoms with Crippen molar-refractivity contribution in [1.29, 1.82) is 0 Å². The number of rotatable bonds is 5. The first kappa shape index (κ1) is 17.7. The van der Waals surface area contributed by atoms with E-state index in [-0.39, 0.29) is 11.8 Å². The van der Waals surface area contributed by atoms with E-state index in [2.05, 4.69) is 15.7 Å². The molecule has 0 saturated heterocycles. The lowest BCUT2D eigenvalue weighted by molar-refractivity contribution is 0.0964. The molecule has 0 unspecified atom stereocenters. The molecule has 1 heterocycles. The summed E-state index contributed by atoms with van der Waals surface area (Å²) in [5, 5.41) is 10.2. The number of halogens is 1. The van der Waals surface area contributed by atoms with Gasteiger partial charge in [0.15, 0.2) is 0 Å². The molecule has 0 radical (unpaired) electrons. The highest BCUT2D eigenvalue weighted by Gasteiger charge is 2.14. The molecule has 0 bridgehead atoms. The van der Waals surface area contributed by atoms with Crippen LogP contribution in [0, 0.1) is 0 Å². The Hall–Kier alpha value is -3.12. The quantitative estimate of drug-likeness (QED) is 0.726. The fourth-order valence-electron chi connectivity index (χ4n) is 2.49. The van der Waals surface area contributed by atoms with Crippen LogP contribution in [0.1, 0.15) is 26.3 Å². The van der Waals surface area contributed by atoms with Crippen LogP contribution in [0.4, 0.5) is 5.69 Å². The zero-order chi connectivity index (χ0) is 18.5. The van der Waals surface area contributed by atoms with E-state index in [1.165, 1.54) is 6.20 Å². The first-order valence-corrected chi connectivity index (χ1v) is 8.34. The second kappa shape index (κ2) is 7.84. The molecule has 3 aromatic rings. The Bertz CT molecular complexity index is 952. The predicted molar refractivity (Wildman–Crippen MR) is 101 cm³/mol. The van der Waals surface area contributed by atoms with Crippen LogP contribution >= 0.6 is 11.6 Å². The normalized spacial score (nSPS) is 10.4. The molecule has 26 heavy (non-hydrogen) atoms. The number of carbonyl (C=O) groups is 2. The van der Waals surface area contributed by atoms with Crippen molar-refractivity contribution in [1.82, 2.24) is 15.1 Å². The van der Waals surface area contributed by atoms with E-state index >= 15 is 0 Å². The number of anilines is 1. The summed E-state index contributed by atoms with van der Waals surface area (Å²) in [6.07, 6.45) is 3.12. The average molecular weight is 369 g/mol. The van der Waals surface area contributed by atoms with E-state index in [1.54, 1.807) is 42.2 Å². The number of nitrogens with one attached hydrogen (secondary N) is 2. The molecule has 0 spiro atoms. The lowest BCUT2D eigenvalue weighted by atomic mass is 10.1. The molecule has 132 valence electrons. The molecule has 2 amide bonds. The Labute approximate surface area is 155 Å². The van der Waals surface area contributed by atoms with Crippen LogP contribution in [0.5, 0.6) is 0 Å². The molecule has 0 aliphatic rings. The van der Waals surface area contributed by atoms with Crippen LogP contribution in [-0.2, 0) is 6.54 Å². The van der Waals surface area contributed by atoms with Gasteiger partial charge in [0.2, 0.25) is 0 Å². The van der Waals surface area contributed by atoms with Gasteiger partial charge in [-0.3, -0.25) is 14.3 Å². The third kappa shape index (κ3) is 3.92. The summed E-state index contributed by atoms with van der Waals surface area (Å²) in [7, 11) is 1.54. The second-order valence-electron chi connectivity index (χ2n) is 5.60. The van der Waals surface area contributed by atoms with Crippen molar-refractivity contribution < 1.29 is 9.59 Å². The van der Waals surface area contributed by atoms with Gasteiger partial charge in [-0.25, -0.2) is 0 Å². The number of benzene rings is 2. The van der Waals surface area contributed by atoms with E-state index in [4.69, 9.17) is 11.6 Å². The van der Waals surface area contributed by atoms with Gasteiger partial charge in [0.05, 0.1) is 29.6 Å². The number of amides is 2. The predicted octanol–water partition coefficient (Wildman–Crippen LogP) is 3.20. The SMILES string of the molecule is CNC(=O)c1ccccc1NC(=O)c1cnn(Cc2ccccc2Cl)c1. The van der Waals surface area contributed by atoms with Crippen molar-refractivity contribution in [3.63, 3.8) is 0 Å². The van der Waals surface area contributed by atoms with Crippen molar-refractivity contribution in [2.45, 2.75) is 6.54 Å². The van der Waals surface area contributed by atoms with Crippen molar-refractivity contribution in [2.75, 3.05) is 12.4 Å². The molecule has 0 fully saturated rings. The summed E-state index contributed by atoms with van der Waals surface area (Å²) in [5.74, 6) is -0.609. The van der Waals surface area contributed by atoms with Gasteiger partial charge in [-0.05, 0) is 23.8 Å². The van der Waals surface area contributed by atoms with Crippen molar-refractivity contribution in [3.05, 3.63) is 82.6 Å². The first-order chi connectivity index (χ1) is 12.6. The lowest BCUT2D eigenvalue weighted by Gasteiger charge is -2.09. The average Bonchev–Trinajstić information content (AvgIpc) is 3.12. The molecule has 7 heteroatoms. The monoisotopic (exact) mass is 368 g/mol. The molecule has 0 aliphatic heterocycles. The van der Waals surface area contributed by atoms with E-state index in [9.17, 15) is 9.59 Å². The molecule has 6 nitrogen and oxygen atoms in total. The van der Waals surface area contributed by atoms with Gasteiger partial charge >= 0.3 is 0 Å². The van der Waals surface area contributed by atoms with Crippen molar-refractivity contribution in [3.8, 4) is 0 Å². The summed E-state index contributed by atoms with van der Waals surface area (Å²) in [5.41, 5.74) is 2.14.